The van der Waals surface area contributed by atoms with Crippen molar-refractivity contribution in [3.63, 3.8) is 0 Å². The maximum atomic E-state index is 13.2. The molecule has 1 fully saturated rings. The van der Waals surface area contributed by atoms with E-state index in [0.29, 0.717) is 24.3 Å². The molecule has 0 radical (unpaired) electrons. The van der Waals surface area contributed by atoms with Crippen LogP contribution in [0.15, 0.2) is 48.8 Å². The number of nitrogens with zero attached hydrogens (tertiary/aromatic N) is 6. The van der Waals surface area contributed by atoms with Gasteiger partial charge in [0.1, 0.15) is 5.60 Å². The smallest absolute Gasteiger partial charge is 0.274 e. The van der Waals surface area contributed by atoms with Gasteiger partial charge in [-0.3, -0.25) is 9.48 Å². The van der Waals surface area contributed by atoms with E-state index in [0.717, 1.165) is 28.1 Å². The lowest BCUT2D eigenvalue weighted by Crippen LogP contribution is -2.34. The van der Waals surface area contributed by atoms with Gasteiger partial charge in [-0.15, -0.1) is 0 Å². The van der Waals surface area contributed by atoms with Crippen molar-refractivity contribution in [2.24, 2.45) is 7.05 Å². The van der Waals surface area contributed by atoms with Crippen LogP contribution in [0.4, 0.5) is 0 Å². The fourth-order valence-electron chi connectivity index (χ4n) is 4.18. The van der Waals surface area contributed by atoms with Crippen molar-refractivity contribution in [3.8, 4) is 11.3 Å². The van der Waals surface area contributed by atoms with Gasteiger partial charge >= 0.3 is 0 Å². The number of amides is 1. The molecule has 1 N–H and O–H groups in total. The molecule has 3 aromatic heterocycles. The molecule has 8 nitrogen and oxygen atoms in total. The van der Waals surface area contributed by atoms with Crippen molar-refractivity contribution in [3.05, 3.63) is 71.3 Å². The van der Waals surface area contributed by atoms with Gasteiger partial charge in [0.25, 0.3) is 5.91 Å². The molecule has 31 heavy (non-hydrogen) atoms. The summed E-state index contributed by atoms with van der Waals surface area (Å²) < 4.78 is 3.48. The second-order valence-corrected chi connectivity index (χ2v) is 8.27. The number of rotatable bonds is 3. The van der Waals surface area contributed by atoms with Crippen LogP contribution in [-0.2, 0) is 12.6 Å². The van der Waals surface area contributed by atoms with Crippen LogP contribution in [0.25, 0.3) is 16.9 Å². The minimum absolute atomic E-state index is 0.206. The number of carbonyl (C=O) groups is 1. The lowest BCUT2D eigenvalue weighted by atomic mass is 9.92. The number of benzene rings is 1. The van der Waals surface area contributed by atoms with Crippen molar-refractivity contribution in [2.45, 2.75) is 25.9 Å². The van der Waals surface area contributed by atoms with Gasteiger partial charge in [-0.05, 0) is 31.9 Å². The Morgan fingerprint density at radius 2 is 1.94 bits per heavy atom. The summed E-state index contributed by atoms with van der Waals surface area (Å²) in [6.07, 6.45) is 3.99. The number of hydrogen-bond acceptors (Lipinski definition) is 5. The Labute approximate surface area is 179 Å². The zero-order valence-electron chi connectivity index (χ0n) is 17.8. The molecule has 1 aliphatic heterocycles. The summed E-state index contributed by atoms with van der Waals surface area (Å²) in [5.74, 6) is -0.206. The molecule has 8 heteroatoms. The third-order valence-electron chi connectivity index (χ3n) is 6.21. The van der Waals surface area contributed by atoms with Crippen molar-refractivity contribution in [2.75, 3.05) is 13.1 Å². The average Bonchev–Trinajstić information content (AvgIpc) is 3.46. The van der Waals surface area contributed by atoms with Crippen molar-refractivity contribution >= 4 is 11.6 Å². The van der Waals surface area contributed by atoms with Gasteiger partial charge in [0.05, 0.1) is 18.4 Å². The minimum Gasteiger partial charge on any atom is -0.383 e. The van der Waals surface area contributed by atoms with Gasteiger partial charge < -0.3 is 10.0 Å². The molecule has 1 amide bonds. The van der Waals surface area contributed by atoms with E-state index in [2.05, 4.69) is 15.2 Å². The highest BCUT2D eigenvalue weighted by Gasteiger charge is 2.40. The number of β-amino-alcohol motifs (C(OH)–C–C–N with tert-alkyl or cyclic N) is 1. The van der Waals surface area contributed by atoms with Crippen LogP contribution < -0.4 is 0 Å². The molecule has 0 saturated carbocycles. The molecule has 4 heterocycles. The Hall–Kier alpha value is -3.52. The summed E-state index contributed by atoms with van der Waals surface area (Å²) in [4.78, 5) is 19.2. The quantitative estimate of drug-likeness (QED) is 0.554. The normalized spacial score (nSPS) is 18.8. The fraction of sp³-hybridized carbons (Fsp3) is 0.304. The number of aryl methyl sites for hydroxylation is 2. The topological polar surface area (TPSA) is 88.5 Å². The Bertz CT molecular complexity index is 1290. The second-order valence-electron chi connectivity index (χ2n) is 8.27. The first kappa shape index (κ1) is 19.4. The monoisotopic (exact) mass is 416 g/mol. The van der Waals surface area contributed by atoms with Gasteiger partial charge in [0.15, 0.2) is 11.3 Å². The van der Waals surface area contributed by atoms with E-state index < -0.39 is 5.60 Å². The van der Waals surface area contributed by atoms with E-state index in [1.807, 2.05) is 51.2 Å². The molecule has 0 bridgehead atoms. The Kier molecular flexibility index (Phi) is 4.40. The molecule has 4 aromatic rings. The van der Waals surface area contributed by atoms with Crippen LogP contribution in [0.5, 0.6) is 0 Å². The van der Waals surface area contributed by atoms with E-state index in [1.165, 1.54) is 0 Å². The maximum absolute atomic E-state index is 13.2. The Balaban J connectivity index is 1.45. The van der Waals surface area contributed by atoms with Crippen LogP contribution in [-0.4, -0.2) is 53.4 Å². The molecular weight excluding hydrogens is 392 g/mol. The van der Waals surface area contributed by atoms with Gasteiger partial charge in [-0.25, -0.2) is 9.50 Å². The standard InChI is InChI=1S/C23H24N6O2/c1-15-4-6-17(7-5-15)23(31)9-11-28(14-23)22(30)19-12-21-24-10-8-20(29(21)26-19)18-13-25-27(3)16(18)2/h4-8,10,12-13,31H,9,11,14H2,1-3H3. The summed E-state index contributed by atoms with van der Waals surface area (Å²) in [6, 6.07) is 11.4. The first-order chi connectivity index (χ1) is 14.9. The summed E-state index contributed by atoms with van der Waals surface area (Å²) >= 11 is 0. The number of aromatic nitrogens is 5. The van der Waals surface area contributed by atoms with E-state index in [9.17, 15) is 9.90 Å². The van der Waals surface area contributed by atoms with Crippen LogP contribution in [0, 0.1) is 13.8 Å². The molecular formula is C23H24N6O2. The largest absolute Gasteiger partial charge is 0.383 e. The van der Waals surface area contributed by atoms with E-state index in [1.54, 1.807) is 32.6 Å². The number of fused-ring (bicyclic) bond motifs is 1. The van der Waals surface area contributed by atoms with Crippen LogP contribution in [0.2, 0.25) is 0 Å². The Morgan fingerprint density at radius 3 is 2.65 bits per heavy atom. The van der Waals surface area contributed by atoms with Crippen molar-refractivity contribution in [1.82, 2.24) is 29.3 Å². The summed E-state index contributed by atoms with van der Waals surface area (Å²) in [5.41, 5.74) is 4.60. The molecule has 1 aromatic carbocycles. The predicted octanol–water partition coefficient (Wildman–Crippen LogP) is 2.48. The van der Waals surface area contributed by atoms with E-state index in [4.69, 9.17) is 0 Å². The average molecular weight is 416 g/mol. The summed E-state index contributed by atoms with van der Waals surface area (Å²) in [5, 5.41) is 20.0. The maximum Gasteiger partial charge on any atom is 0.274 e. The zero-order chi connectivity index (χ0) is 21.8. The van der Waals surface area contributed by atoms with Crippen molar-refractivity contribution in [1.29, 1.82) is 0 Å². The van der Waals surface area contributed by atoms with Gasteiger partial charge in [-0.1, -0.05) is 29.8 Å². The van der Waals surface area contributed by atoms with Crippen LogP contribution >= 0.6 is 0 Å². The van der Waals surface area contributed by atoms with Gasteiger partial charge in [-0.2, -0.15) is 10.2 Å². The molecule has 0 spiro atoms. The predicted molar refractivity (Wildman–Crippen MR) is 116 cm³/mol. The number of aliphatic hydroxyl groups is 1. The minimum atomic E-state index is -1.04. The van der Waals surface area contributed by atoms with Crippen LogP contribution in [0.1, 0.15) is 33.7 Å². The third kappa shape index (κ3) is 3.19. The van der Waals surface area contributed by atoms with Crippen molar-refractivity contribution < 1.29 is 9.90 Å². The lowest BCUT2D eigenvalue weighted by molar-refractivity contribution is 0.0415. The molecule has 1 atom stereocenters. The molecule has 1 aliphatic rings. The SMILES string of the molecule is Cc1ccc(C2(O)CCN(C(=O)c3cc4nccc(-c5cnn(C)c5C)n4n3)C2)cc1. The molecule has 1 unspecified atom stereocenters. The lowest BCUT2D eigenvalue weighted by Gasteiger charge is -2.23. The summed E-state index contributed by atoms with van der Waals surface area (Å²) in [7, 11) is 1.89. The molecule has 158 valence electrons. The van der Waals surface area contributed by atoms with Gasteiger partial charge in [0, 0.05) is 37.1 Å². The number of carbonyl (C=O) groups excluding carboxylic acids is 1. The highest BCUT2D eigenvalue weighted by molar-refractivity contribution is 5.93. The second kappa shape index (κ2) is 7.02. The van der Waals surface area contributed by atoms with E-state index >= 15 is 0 Å². The third-order valence-corrected chi connectivity index (χ3v) is 6.21. The fourth-order valence-corrected chi connectivity index (χ4v) is 4.18. The number of likely N-dealkylation sites (tertiary alicyclic amines) is 1. The number of hydrogen-bond donors (Lipinski definition) is 1. The zero-order valence-corrected chi connectivity index (χ0v) is 17.8. The Morgan fingerprint density at radius 1 is 1.16 bits per heavy atom. The van der Waals surface area contributed by atoms with E-state index in [-0.39, 0.29) is 12.5 Å². The highest BCUT2D eigenvalue weighted by Crippen LogP contribution is 2.33. The molecule has 0 aliphatic carbocycles. The first-order valence-electron chi connectivity index (χ1n) is 10.3. The molecule has 5 rings (SSSR count). The molecule has 1 saturated heterocycles. The first-order valence-corrected chi connectivity index (χ1v) is 10.3. The highest BCUT2D eigenvalue weighted by atomic mass is 16.3. The van der Waals surface area contributed by atoms with Gasteiger partial charge in [0.2, 0.25) is 0 Å². The van der Waals surface area contributed by atoms with Crippen LogP contribution in [0.3, 0.4) is 0 Å². The summed E-state index contributed by atoms with van der Waals surface area (Å²) in [6.45, 7) is 4.71.